The molecule has 2 aromatic rings. The van der Waals surface area contributed by atoms with Gasteiger partial charge < -0.3 is 5.73 Å². The van der Waals surface area contributed by atoms with Crippen molar-refractivity contribution in [3.05, 3.63) is 23.8 Å². The zero-order chi connectivity index (χ0) is 9.97. The summed E-state index contributed by atoms with van der Waals surface area (Å²) in [5, 5.41) is 7.88. The van der Waals surface area contributed by atoms with Gasteiger partial charge in [-0.2, -0.15) is 8.75 Å². The first-order chi connectivity index (χ1) is 6.75. The Morgan fingerprint density at radius 3 is 3.07 bits per heavy atom. The largest absolute Gasteiger partial charge is 0.323 e. The van der Waals surface area contributed by atoms with Gasteiger partial charge in [-0.1, -0.05) is 5.21 Å². The monoisotopic (exact) mass is 210 g/mol. The zero-order valence-corrected chi connectivity index (χ0v) is 8.48. The molecule has 0 aliphatic rings. The predicted octanol–water partition coefficient (Wildman–Crippen LogP) is 0.198. The van der Waals surface area contributed by atoms with Crippen molar-refractivity contribution in [2.24, 2.45) is 5.73 Å². The second-order valence-corrected chi connectivity index (χ2v) is 3.59. The van der Waals surface area contributed by atoms with Gasteiger partial charge in [0, 0.05) is 6.04 Å². The lowest BCUT2D eigenvalue weighted by Gasteiger charge is -1.96. The average molecular weight is 210 g/mol. The van der Waals surface area contributed by atoms with Crippen molar-refractivity contribution in [3.8, 4) is 0 Å². The number of nitrogens with two attached hydrogens (primary N) is 1. The molecular formula is C7H10N6S. The van der Waals surface area contributed by atoms with Crippen molar-refractivity contribution in [2.75, 3.05) is 0 Å². The fourth-order valence-electron chi connectivity index (χ4n) is 1.02. The lowest BCUT2D eigenvalue weighted by atomic mass is 10.3. The second kappa shape index (κ2) is 3.81. The third-order valence-corrected chi connectivity index (χ3v) is 2.27. The van der Waals surface area contributed by atoms with Gasteiger partial charge in [-0.25, -0.2) is 4.68 Å². The second-order valence-electron chi connectivity index (χ2n) is 3.03. The number of nitrogens with zero attached hydrogens (tertiary/aromatic N) is 5. The van der Waals surface area contributed by atoms with Crippen molar-refractivity contribution >= 4 is 11.7 Å². The Kier molecular flexibility index (Phi) is 2.51. The maximum absolute atomic E-state index is 5.66. The van der Waals surface area contributed by atoms with Crippen LogP contribution in [0, 0.1) is 0 Å². The van der Waals surface area contributed by atoms with Gasteiger partial charge in [0.15, 0.2) is 0 Å². The third kappa shape index (κ3) is 1.94. The van der Waals surface area contributed by atoms with Gasteiger partial charge >= 0.3 is 0 Å². The van der Waals surface area contributed by atoms with Gasteiger partial charge in [-0.05, 0) is 6.92 Å². The molecule has 0 amide bonds. The topological polar surface area (TPSA) is 82.5 Å². The van der Waals surface area contributed by atoms with Gasteiger partial charge in [0.25, 0.3) is 0 Å². The number of hydrogen-bond donors (Lipinski definition) is 1. The van der Waals surface area contributed by atoms with Crippen LogP contribution >= 0.6 is 11.7 Å². The molecule has 0 aliphatic carbocycles. The molecule has 0 fully saturated rings. The molecule has 0 spiro atoms. The minimum Gasteiger partial charge on any atom is -0.323 e. The Bertz CT molecular complexity index is 392. The molecule has 0 aromatic carbocycles. The number of rotatable bonds is 3. The van der Waals surface area contributed by atoms with E-state index in [2.05, 4.69) is 19.1 Å². The number of aromatic nitrogens is 5. The van der Waals surface area contributed by atoms with Crippen LogP contribution in [0.4, 0.5) is 0 Å². The smallest absolute Gasteiger partial charge is 0.0991 e. The van der Waals surface area contributed by atoms with Crippen LogP contribution in [-0.2, 0) is 6.54 Å². The summed E-state index contributed by atoms with van der Waals surface area (Å²) in [7, 11) is 0. The van der Waals surface area contributed by atoms with Gasteiger partial charge in [0.2, 0.25) is 0 Å². The summed E-state index contributed by atoms with van der Waals surface area (Å²) in [6, 6.07) is -0.0858. The summed E-state index contributed by atoms with van der Waals surface area (Å²) in [5.74, 6) is 0. The minimum absolute atomic E-state index is 0.0858. The fraction of sp³-hybridized carbons (Fsp3) is 0.429. The van der Waals surface area contributed by atoms with E-state index in [1.165, 1.54) is 11.7 Å². The van der Waals surface area contributed by atoms with Crippen molar-refractivity contribution in [3.63, 3.8) is 0 Å². The fourth-order valence-corrected chi connectivity index (χ4v) is 1.44. The van der Waals surface area contributed by atoms with Gasteiger partial charge in [0.1, 0.15) is 0 Å². The van der Waals surface area contributed by atoms with Crippen LogP contribution in [0.2, 0.25) is 0 Å². The van der Waals surface area contributed by atoms with Gasteiger partial charge in [0.05, 0.1) is 42.1 Å². The molecule has 0 bridgehead atoms. The Hall–Kier alpha value is -1.34. The zero-order valence-electron chi connectivity index (χ0n) is 7.66. The highest BCUT2D eigenvalue weighted by Crippen LogP contribution is 2.05. The summed E-state index contributed by atoms with van der Waals surface area (Å²) < 4.78 is 9.68. The maximum Gasteiger partial charge on any atom is 0.0991 e. The van der Waals surface area contributed by atoms with Crippen molar-refractivity contribution < 1.29 is 0 Å². The van der Waals surface area contributed by atoms with Crippen LogP contribution in [0.5, 0.6) is 0 Å². The molecule has 6 nitrogen and oxygen atoms in total. The van der Waals surface area contributed by atoms with E-state index in [4.69, 9.17) is 5.73 Å². The summed E-state index contributed by atoms with van der Waals surface area (Å²) in [4.78, 5) is 0. The SMILES string of the molecule is CC(N)c1cn(Cc2cnsn2)nn1. The lowest BCUT2D eigenvalue weighted by molar-refractivity contribution is 0.641. The van der Waals surface area contributed by atoms with Crippen molar-refractivity contribution in [2.45, 2.75) is 19.5 Å². The molecule has 0 aliphatic heterocycles. The van der Waals surface area contributed by atoms with E-state index in [1.54, 1.807) is 10.9 Å². The Morgan fingerprint density at radius 1 is 1.64 bits per heavy atom. The van der Waals surface area contributed by atoms with E-state index in [-0.39, 0.29) is 6.04 Å². The summed E-state index contributed by atoms with van der Waals surface area (Å²) in [6.45, 7) is 2.47. The summed E-state index contributed by atoms with van der Waals surface area (Å²) >= 11 is 1.19. The first kappa shape index (κ1) is 9.22. The average Bonchev–Trinajstić information content (AvgIpc) is 2.75. The van der Waals surface area contributed by atoms with Gasteiger partial charge in [-0.3, -0.25) is 0 Å². The minimum atomic E-state index is -0.0858. The standard InChI is InChI=1S/C7H10N6S/c1-5(8)7-4-13(12-10-7)3-6-2-9-14-11-6/h2,4-5H,3,8H2,1H3. The Labute approximate surface area is 85.1 Å². The first-order valence-corrected chi connectivity index (χ1v) is 4.91. The molecule has 14 heavy (non-hydrogen) atoms. The van der Waals surface area contributed by atoms with Crippen LogP contribution in [0.15, 0.2) is 12.4 Å². The van der Waals surface area contributed by atoms with Crippen LogP contribution in [0.25, 0.3) is 0 Å². The Balaban J connectivity index is 2.11. The molecule has 0 radical (unpaired) electrons. The van der Waals surface area contributed by atoms with E-state index in [9.17, 15) is 0 Å². The van der Waals surface area contributed by atoms with Crippen LogP contribution in [-0.4, -0.2) is 23.7 Å². The maximum atomic E-state index is 5.66. The molecule has 1 atom stereocenters. The summed E-state index contributed by atoms with van der Waals surface area (Å²) in [6.07, 6.45) is 3.54. The third-order valence-electron chi connectivity index (χ3n) is 1.75. The van der Waals surface area contributed by atoms with Crippen molar-refractivity contribution in [1.82, 2.24) is 23.7 Å². The quantitative estimate of drug-likeness (QED) is 0.782. The summed E-state index contributed by atoms with van der Waals surface area (Å²) in [5.41, 5.74) is 7.33. The molecule has 0 saturated carbocycles. The van der Waals surface area contributed by atoms with E-state index >= 15 is 0 Å². The molecule has 1 unspecified atom stereocenters. The highest BCUT2D eigenvalue weighted by Gasteiger charge is 2.06. The molecule has 7 heteroatoms. The molecule has 2 heterocycles. The van der Waals surface area contributed by atoms with Crippen LogP contribution < -0.4 is 5.73 Å². The Morgan fingerprint density at radius 2 is 2.50 bits per heavy atom. The van der Waals surface area contributed by atoms with E-state index < -0.39 is 0 Å². The van der Waals surface area contributed by atoms with Crippen LogP contribution in [0.1, 0.15) is 24.4 Å². The molecule has 2 N–H and O–H groups in total. The van der Waals surface area contributed by atoms with Crippen LogP contribution in [0.3, 0.4) is 0 Å². The highest BCUT2D eigenvalue weighted by molar-refractivity contribution is 6.99. The van der Waals surface area contributed by atoms with Crippen molar-refractivity contribution in [1.29, 1.82) is 0 Å². The molecule has 2 rings (SSSR count). The highest BCUT2D eigenvalue weighted by atomic mass is 32.1. The molecule has 2 aromatic heterocycles. The first-order valence-electron chi connectivity index (χ1n) is 4.18. The van der Waals surface area contributed by atoms with E-state index in [0.29, 0.717) is 6.54 Å². The van der Waals surface area contributed by atoms with E-state index in [0.717, 1.165) is 11.4 Å². The molecule has 74 valence electrons. The van der Waals surface area contributed by atoms with E-state index in [1.807, 2.05) is 13.1 Å². The molecular weight excluding hydrogens is 200 g/mol. The van der Waals surface area contributed by atoms with Gasteiger partial charge in [-0.15, -0.1) is 5.10 Å². The lowest BCUT2D eigenvalue weighted by Crippen LogP contribution is -2.05. The number of hydrogen-bond acceptors (Lipinski definition) is 6. The normalized spacial score (nSPS) is 13.0. The predicted molar refractivity (Wildman–Crippen MR) is 51.6 cm³/mol. The molecule has 0 saturated heterocycles.